The van der Waals surface area contributed by atoms with Crippen molar-refractivity contribution in [2.75, 3.05) is 0 Å². The zero-order valence-corrected chi connectivity index (χ0v) is 17.1. The van der Waals surface area contributed by atoms with Crippen LogP contribution in [0.15, 0.2) is 0 Å². The van der Waals surface area contributed by atoms with Gasteiger partial charge in [-0.2, -0.15) is 0 Å². The van der Waals surface area contributed by atoms with Gasteiger partial charge < -0.3 is 4.74 Å². The van der Waals surface area contributed by atoms with Crippen LogP contribution in [-0.4, -0.2) is 12.1 Å². The Kier molecular flexibility index (Phi) is 7.16. The summed E-state index contributed by atoms with van der Waals surface area (Å²) >= 11 is 0. The number of rotatable bonds is 0. The Hall–Kier alpha value is -0.530. The van der Waals surface area contributed by atoms with Crippen LogP contribution in [0, 0.1) is 53.3 Å². The quantitative estimate of drug-likeness (QED) is 0.538. The van der Waals surface area contributed by atoms with E-state index in [1.165, 1.54) is 0 Å². The Bertz CT molecular complexity index is 391. The minimum Gasteiger partial charge on any atom is -0.462 e. The summed E-state index contributed by atoms with van der Waals surface area (Å²) in [5, 5.41) is 0. The van der Waals surface area contributed by atoms with Crippen LogP contribution in [0.4, 0.5) is 0 Å². The molecule has 2 heteroatoms. The van der Waals surface area contributed by atoms with E-state index in [-0.39, 0.29) is 18.0 Å². The zero-order valence-electron chi connectivity index (χ0n) is 17.1. The minimum atomic E-state index is -0.0308. The summed E-state index contributed by atoms with van der Waals surface area (Å²) in [4.78, 5) is 12.6. The number of esters is 1. The van der Waals surface area contributed by atoms with Crippen LogP contribution < -0.4 is 0 Å². The first-order valence-electron chi connectivity index (χ1n) is 9.71. The first-order valence-corrected chi connectivity index (χ1v) is 9.71. The Labute approximate surface area is 144 Å². The summed E-state index contributed by atoms with van der Waals surface area (Å²) in [6.45, 7) is 22.8. The summed E-state index contributed by atoms with van der Waals surface area (Å²) in [7, 11) is 0. The summed E-state index contributed by atoms with van der Waals surface area (Å²) in [6.07, 6.45) is -0.00994. The summed E-state index contributed by atoms with van der Waals surface area (Å²) in [6, 6.07) is 0. The molecule has 1 aliphatic heterocycles. The molecule has 1 saturated heterocycles. The van der Waals surface area contributed by atoms with Gasteiger partial charge in [-0.15, -0.1) is 0 Å². The van der Waals surface area contributed by atoms with Gasteiger partial charge in [0.15, 0.2) is 0 Å². The highest BCUT2D eigenvalue weighted by molar-refractivity contribution is 5.72. The van der Waals surface area contributed by atoms with E-state index in [4.69, 9.17) is 4.74 Å². The van der Waals surface area contributed by atoms with Crippen LogP contribution in [-0.2, 0) is 9.53 Å². The topological polar surface area (TPSA) is 26.3 Å². The predicted octanol–water partition coefficient (Wildman–Crippen LogP) is 5.66. The first kappa shape index (κ1) is 20.5. The number of hydrogen-bond donors (Lipinski definition) is 0. The Morgan fingerprint density at radius 1 is 0.522 bits per heavy atom. The van der Waals surface area contributed by atoms with Crippen molar-refractivity contribution in [2.24, 2.45) is 53.3 Å². The van der Waals surface area contributed by atoms with Crippen molar-refractivity contribution < 1.29 is 9.53 Å². The Morgan fingerprint density at radius 3 is 1.22 bits per heavy atom. The molecule has 23 heavy (non-hydrogen) atoms. The molecule has 10 unspecified atom stereocenters. The lowest BCUT2D eigenvalue weighted by Crippen LogP contribution is -2.40. The van der Waals surface area contributed by atoms with Crippen LogP contribution in [0.3, 0.4) is 0 Å². The van der Waals surface area contributed by atoms with Crippen molar-refractivity contribution in [1.82, 2.24) is 0 Å². The van der Waals surface area contributed by atoms with Crippen LogP contribution >= 0.6 is 0 Å². The highest BCUT2D eigenvalue weighted by atomic mass is 16.5. The van der Waals surface area contributed by atoms with Crippen molar-refractivity contribution in [1.29, 1.82) is 0 Å². The molecule has 1 heterocycles. The Balaban J connectivity index is 3.16. The van der Waals surface area contributed by atoms with Crippen molar-refractivity contribution >= 4 is 5.97 Å². The number of cyclic esters (lactones) is 1. The van der Waals surface area contributed by atoms with Gasteiger partial charge >= 0.3 is 5.97 Å². The average molecular weight is 325 g/mol. The second kappa shape index (κ2) is 8.03. The summed E-state index contributed by atoms with van der Waals surface area (Å²) in [5.74, 6) is 4.33. The van der Waals surface area contributed by atoms with Gasteiger partial charge in [-0.1, -0.05) is 62.3 Å². The third-order valence-corrected chi connectivity index (χ3v) is 8.01. The molecule has 0 aromatic rings. The van der Waals surface area contributed by atoms with Crippen molar-refractivity contribution in [3.05, 3.63) is 0 Å². The van der Waals surface area contributed by atoms with Gasteiger partial charge in [-0.05, 0) is 54.3 Å². The number of carbonyl (C=O) groups is 1. The molecular weight excluding hydrogens is 284 g/mol. The van der Waals surface area contributed by atoms with E-state index in [0.717, 1.165) is 0 Å². The van der Waals surface area contributed by atoms with Gasteiger partial charge in [0.2, 0.25) is 0 Å². The SMILES string of the molecule is CC1OC(=O)C(C)C(C)C(C)C(C)C(C)C(C)C(C)C(C)C1C. The lowest BCUT2D eigenvalue weighted by Gasteiger charge is -2.42. The van der Waals surface area contributed by atoms with Crippen LogP contribution in [0.2, 0.25) is 0 Å². The maximum absolute atomic E-state index is 12.6. The Morgan fingerprint density at radius 2 is 0.826 bits per heavy atom. The number of carbonyl (C=O) groups excluding carboxylic acids is 1. The van der Waals surface area contributed by atoms with Crippen molar-refractivity contribution in [2.45, 2.75) is 75.3 Å². The van der Waals surface area contributed by atoms with E-state index in [2.05, 4.69) is 62.3 Å². The van der Waals surface area contributed by atoms with Gasteiger partial charge in [0, 0.05) is 0 Å². The second-order valence-electron chi connectivity index (χ2n) is 8.80. The predicted molar refractivity (Wildman–Crippen MR) is 98.0 cm³/mol. The normalized spacial score (nSPS) is 50.6. The van der Waals surface area contributed by atoms with Gasteiger partial charge in [0.05, 0.1) is 5.92 Å². The van der Waals surface area contributed by atoms with E-state index >= 15 is 0 Å². The van der Waals surface area contributed by atoms with Gasteiger partial charge in [-0.25, -0.2) is 0 Å². The van der Waals surface area contributed by atoms with E-state index in [1.54, 1.807) is 0 Å². The highest BCUT2D eigenvalue weighted by Gasteiger charge is 2.38. The third-order valence-electron chi connectivity index (χ3n) is 8.01. The first-order chi connectivity index (χ1) is 10.5. The molecule has 0 radical (unpaired) electrons. The van der Waals surface area contributed by atoms with E-state index in [1.807, 2.05) is 6.92 Å². The van der Waals surface area contributed by atoms with Gasteiger partial charge in [-0.3, -0.25) is 4.79 Å². The summed E-state index contributed by atoms with van der Waals surface area (Å²) < 4.78 is 5.84. The second-order valence-corrected chi connectivity index (χ2v) is 8.80. The molecule has 2 nitrogen and oxygen atoms in total. The van der Waals surface area contributed by atoms with Crippen LogP contribution in [0.25, 0.3) is 0 Å². The molecular formula is C21H40O2. The zero-order chi connectivity index (χ0) is 18.1. The molecule has 0 saturated carbocycles. The smallest absolute Gasteiger partial charge is 0.309 e. The molecule has 0 bridgehead atoms. The van der Waals surface area contributed by atoms with Crippen molar-refractivity contribution in [3.8, 4) is 0 Å². The molecule has 0 aliphatic carbocycles. The number of hydrogen-bond acceptors (Lipinski definition) is 2. The highest BCUT2D eigenvalue weighted by Crippen LogP contribution is 2.41. The molecule has 0 spiro atoms. The maximum atomic E-state index is 12.6. The van der Waals surface area contributed by atoms with Gasteiger partial charge in [0.25, 0.3) is 0 Å². The molecule has 0 aromatic heterocycles. The lowest BCUT2D eigenvalue weighted by atomic mass is 9.65. The summed E-state index contributed by atoms with van der Waals surface area (Å²) in [5.41, 5.74) is 0. The fourth-order valence-corrected chi connectivity index (χ4v) is 4.37. The monoisotopic (exact) mass is 324 g/mol. The molecule has 136 valence electrons. The maximum Gasteiger partial charge on any atom is 0.309 e. The minimum absolute atomic E-state index is 0.00994. The van der Waals surface area contributed by atoms with E-state index in [0.29, 0.717) is 47.3 Å². The fraction of sp³-hybridized carbons (Fsp3) is 0.952. The van der Waals surface area contributed by atoms with Crippen molar-refractivity contribution in [3.63, 3.8) is 0 Å². The van der Waals surface area contributed by atoms with E-state index in [9.17, 15) is 4.79 Å². The molecule has 1 aliphatic rings. The third kappa shape index (κ3) is 4.31. The van der Waals surface area contributed by atoms with Crippen LogP contribution in [0.5, 0.6) is 0 Å². The molecule has 0 amide bonds. The van der Waals surface area contributed by atoms with Crippen LogP contribution in [0.1, 0.15) is 69.2 Å². The fourth-order valence-electron chi connectivity index (χ4n) is 4.37. The largest absolute Gasteiger partial charge is 0.462 e. The van der Waals surface area contributed by atoms with Gasteiger partial charge in [0.1, 0.15) is 6.10 Å². The molecule has 0 N–H and O–H groups in total. The average Bonchev–Trinajstić information content (AvgIpc) is 2.54. The lowest BCUT2D eigenvalue weighted by molar-refractivity contribution is -0.159. The molecule has 0 aromatic carbocycles. The molecule has 1 fully saturated rings. The standard InChI is InChI=1S/C21H40O2/c1-11-12(2)14(4)16(6)18(8)20(10)23-21(22)19(9)17(7)15(5)13(11)3/h11-20H,1-10H3. The molecule has 1 rings (SSSR count). The number of ether oxygens (including phenoxy) is 1. The molecule has 10 atom stereocenters. The van der Waals surface area contributed by atoms with E-state index < -0.39 is 0 Å².